The maximum Gasteiger partial charge on any atom is 0.140 e. The van der Waals surface area contributed by atoms with Crippen LogP contribution in [0.15, 0.2) is 17.0 Å². The Morgan fingerprint density at radius 1 is 1.33 bits per heavy atom. The molecule has 5 heteroatoms. The fourth-order valence-electron chi connectivity index (χ4n) is 1.60. The van der Waals surface area contributed by atoms with Gasteiger partial charge in [-0.2, -0.15) is 0 Å². The van der Waals surface area contributed by atoms with Gasteiger partial charge in [0.05, 0.1) is 23.4 Å². The highest BCUT2D eigenvalue weighted by Crippen LogP contribution is 2.32. The molecule has 0 saturated carbocycles. The molecule has 0 aromatic heterocycles. The molecular formula is C13H17F2NOS. The lowest BCUT2D eigenvalue weighted by Gasteiger charge is -2.25. The van der Waals surface area contributed by atoms with Gasteiger partial charge in [0.15, 0.2) is 0 Å². The number of ether oxygens (including phenoxy) is 1. The summed E-state index contributed by atoms with van der Waals surface area (Å²) in [4.78, 5) is 0.108. The van der Waals surface area contributed by atoms with E-state index in [9.17, 15) is 8.78 Å². The number of nitrogens with one attached hydrogen (secondary N) is 1. The normalized spacial score (nSPS) is 16.1. The summed E-state index contributed by atoms with van der Waals surface area (Å²) in [6.45, 7) is 5.60. The summed E-state index contributed by atoms with van der Waals surface area (Å²) in [6, 6.07) is 3.10. The highest BCUT2D eigenvalue weighted by molar-refractivity contribution is 8.00. The molecule has 1 heterocycles. The zero-order valence-corrected chi connectivity index (χ0v) is 11.3. The maximum atomic E-state index is 13.8. The fourth-order valence-corrected chi connectivity index (χ4v) is 2.60. The molecule has 0 atom stereocenters. The first-order chi connectivity index (χ1) is 8.56. The Morgan fingerprint density at radius 3 is 2.39 bits per heavy atom. The van der Waals surface area contributed by atoms with Crippen molar-refractivity contribution in [1.29, 1.82) is 0 Å². The van der Waals surface area contributed by atoms with Crippen molar-refractivity contribution in [2.75, 3.05) is 13.2 Å². The van der Waals surface area contributed by atoms with Crippen molar-refractivity contribution in [3.63, 3.8) is 0 Å². The number of halogens is 2. The van der Waals surface area contributed by atoms with E-state index in [1.807, 2.05) is 13.8 Å². The van der Waals surface area contributed by atoms with Crippen molar-refractivity contribution in [3.8, 4) is 0 Å². The van der Waals surface area contributed by atoms with E-state index in [1.165, 1.54) is 23.9 Å². The summed E-state index contributed by atoms with van der Waals surface area (Å²) in [5.74, 6) is -0.958. The lowest BCUT2D eigenvalue weighted by Crippen LogP contribution is -2.30. The number of rotatable bonds is 5. The Hall–Kier alpha value is -0.650. The molecule has 1 aromatic rings. The molecule has 1 aliphatic rings. The maximum absolute atomic E-state index is 13.8. The minimum absolute atomic E-state index is 0.108. The second-order valence-electron chi connectivity index (χ2n) is 4.70. The van der Waals surface area contributed by atoms with Gasteiger partial charge in [0.25, 0.3) is 0 Å². The van der Waals surface area contributed by atoms with Crippen LogP contribution in [0.25, 0.3) is 0 Å². The van der Waals surface area contributed by atoms with E-state index in [2.05, 4.69) is 5.32 Å². The van der Waals surface area contributed by atoms with E-state index >= 15 is 0 Å². The average molecular weight is 273 g/mol. The van der Waals surface area contributed by atoms with Gasteiger partial charge in [-0.1, -0.05) is 13.8 Å². The lowest BCUT2D eigenvalue weighted by molar-refractivity contribution is 0.0454. The van der Waals surface area contributed by atoms with E-state index in [4.69, 9.17) is 4.74 Å². The Bertz CT molecular complexity index is 398. The largest absolute Gasteiger partial charge is 0.379 e. The van der Waals surface area contributed by atoms with Gasteiger partial charge in [0, 0.05) is 12.6 Å². The Balaban J connectivity index is 2.07. The predicted molar refractivity (Wildman–Crippen MR) is 68.8 cm³/mol. The molecule has 0 aliphatic carbocycles. The van der Waals surface area contributed by atoms with Crippen LogP contribution >= 0.6 is 11.8 Å². The molecular weight excluding hydrogens is 256 g/mol. The molecule has 1 aliphatic heterocycles. The van der Waals surface area contributed by atoms with Crippen molar-refractivity contribution in [3.05, 3.63) is 29.3 Å². The summed E-state index contributed by atoms with van der Waals surface area (Å²) >= 11 is 1.22. The Labute approximate surface area is 110 Å². The van der Waals surface area contributed by atoms with Crippen LogP contribution in [-0.4, -0.2) is 24.5 Å². The summed E-state index contributed by atoms with van der Waals surface area (Å²) in [6.07, 6.45) is 0. The van der Waals surface area contributed by atoms with Gasteiger partial charge < -0.3 is 10.1 Å². The number of hydrogen-bond donors (Lipinski definition) is 1. The number of hydrogen-bond acceptors (Lipinski definition) is 3. The molecule has 18 heavy (non-hydrogen) atoms. The molecule has 2 rings (SSSR count). The predicted octanol–water partition coefficient (Wildman–Crippen LogP) is 2.95. The third-order valence-corrected chi connectivity index (χ3v) is 3.90. The molecule has 2 nitrogen and oxygen atoms in total. The third-order valence-electron chi connectivity index (χ3n) is 2.66. The molecule has 1 saturated heterocycles. The molecule has 1 aromatic carbocycles. The highest BCUT2D eigenvalue weighted by Gasteiger charge is 2.23. The van der Waals surface area contributed by atoms with E-state index < -0.39 is 11.6 Å². The SMILES string of the molecule is CC(C)NCc1cc(F)c(SC2COC2)c(F)c1. The standard InChI is InChI=1S/C13H17F2NOS/c1-8(2)16-5-9-3-11(14)13(12(15)4-9)18-10-6-17-7-10/h3-4,8,10,16H,5-7H2,1-2H3. The molecule has 100 valence electrons. The van der Waals surface area contributed by atoms with E-state index in [0.29, 0.717) is 25.3 Å². The van der Waals surface area contributed by atoms with Gasteiger partial charge in [0.2, 0.25) is 0 Å². The van der Waals surface area contributed by atoms with E-state index in [1.54, 1.807) is 0 Å². The monoisotopic (exact) mass is 273 g/mol. The quantitative estimate of drug-likeness (QED) is 0.891. The van der Waals surface area contributed by atoms with Crippen molar-refractivity contribution in [2.24, 2.45) is 0 Å². The smallest absolute Gasteiger partial charge is 0.140 e. The van der Waals surface area contributed by atoms with E-state index in [-0.39, 0.29) is 16.2 Å². The summed E-state index contributed by atoms with van der Waals surface area (Å²) in [5, 5.41) is 3.31. The molecule has 1 fully saturated rings. The van der Waals surface area contributed by atoms with Crippen LogP contribution in [0.3, 0.4) is 0 Å². The average Bonchev–Trinajstić information content (AvgIpc) is 2.22. The van der Waals surface area contributed by atoms with Crippen LogP contribution in [0.1, 0.15) is 19.4 Å². The zero-order valence-electron chi connectivity index (χ0n) is 10.5. The summed E-state index contributed by atoms with van der Waals surface area (Å²) < 4.78 is 32.7. The molecule has 0 radical (unpaired) electrons. The van der Waals surface area contributed by atoms with Crippen LogP contribution < -0.4 is 5.32 Å². The van der Waals surface area contributed by atoms with Crippen LogP contribution in [0.2, 0.25) is 0 Å². The minimum atomic E-state index is -0.479. The Kier molecular flexibility index (Phi) is 4.59. The summed E-state index contributed by atoms with van der Waals surface area (Å²) in [5.41, 5.74) is 0.632. The fraction of sp³-hybridized carbons (Fsp3) is 0.538. The van der Waals surface area contributed by atoms with Gasteiger partial charge in [-0.15, -0.1) is 11.8 Å². The first-order valence-electron chi connectivity index (χ1n) is 6.02. The number of thioether (sulfide) groups is 1. The molecule has 0 spiro atoms. The minimum Gasteiger partial charge on any atom is -0.379 e. The zero-order chi connectivity index (χ0) is 13.1. The molecule has 1 N–H and O–H groups in total. The summed E-state index contributed by atoms with van der Waals surface area (Å²) in [7, 11) is 0. The Morgan fingerprint density at radius 2 is 1.94 bits per heavy atom. The third kappa shape index (κ3) is 3.43. The second kappa shape index (κ2) is 5.99. The second-order valence-corrected chi connectivity index (χ2v) is 6.01. The van der Waals surface area contributed by atoms with Gasteiger partial charge in [-0.25, -0.2) is 8.78 Å². The van der Waals surface area contributed by atoms with Gasteiger partial charge in [0.1, 0.15) is 11.6 Å². The number of benzene rings is 1. The van der Waals surface area contributed by atoms with Gasteiger partial charge >= 0.3 is 0 Å². The first kappa shape index (κ1) is 13.8. The van der Waals surface area contributed by atoms with Crippen LogP contribution in [-0.2, 0) is 11.3 Å². The molecule has 0 amide bonds. The van der Waals surface area contributed by atoms with Gasteiger partial charge in [-0.05, 0) is 17.7 Å². The molecule has 0 unspecified atom stereocenters. The van der Waals surface area contributed by atoms with Crippen molar-refractivity contribution < 1.29 is 13.5 Å². The van der Waals surface area contributed by atoms with Crippen LogP contribution in [0.4, 0.5) is 8.78 Å². The van der Waals surface area contributed by atoms with Crippen molar-refractivity contribution >= 4 is 11.8 Å². The lowest BCUT2D eigenvalue weighted by atomic mass is 10.2. The van der Waals surface area contributed by atoms with Crippen molar-refractivity contribution in [1.82, 2.24) is 5.32 Å². The van der Waals surface area contributed by atoms with Crippen molar-refractivity contribution in [2.45, 2.75) is 36.6 Å². The van der Waals surface area contributed by atoms with E-state index in [0.717, 1.165) is 0 Å². The topological polar surface area (TPSA) is 21.3 Å². The van der Waals surface area contributed by atoms with Gasteiger partial charge in [-0.3, -0.25) is 0 Å². The highest BCUT2D eigenvalue weighted by atomic mass is 32.2. The van der Waals surface area contributed by atoms with Crippen LogP contribution in [0.5, 0.6) is 0 Å². The van der Waals surface area contributed by atoms with Crippen LogP contribution in [0, 0.1) is 11.6 Å². The molecule has 0 bridgehead atoms. The first-order valence-corrected chi connectivity index (χ1v) is 6.90.